The molecular weight excluding hydrogens is 272 g/mol. The van der Waals surface area contributed by atoms with E-state index in [2.05, 4.69) is 0 Å². The zero-order chi connectivity index (χ0) is 15.0. The molecule has 2 aliphatic heterocycles. The summed E-state index contributed by atoms with van der Waals surface area (Å²) in [4.78, 5) is 24.4. The van der Waals surface area contributed by atoms with Gasteiger partial charge in [-0.3, -0.25) is 19.8 Å². The molecule has 0 aromatic heterocycles. The zero-order valence-electron chi connectivity index (χ0n) is 11.7. The van der Waals surface area contributed by atoms with Crippen LogP contribution < -0.4 is 0 Å². The van der Waals surface area contributed by atoms with Crippen molar-refractivity contribution in [2.75, 3.05) is 13.2 Å². The molecule has 6 heteroatoms. The fraction of sp³-hybridized carbons (Fsp3) is 0.400. The van der Waals surface area contributed by atoms with E-state index in [1.165, 1.54) is 0 Å². The van der Waals surface area contributed by atoms with Crippen molar-refractivity contribution < 1.29 is 14.5 Å². The predicted molar refractivity (Wildman–Crippen MR) is 74.9 cm³/mol. The second kappa shape index (κ2) is 4.96. The Morgan fingerprint density at radius 1 is 1.43 bits per heavy atom. The number of benzene rings is 1. The highest BCUT2D eigenvalue weighted by Gasteiger charge is 2.53. The van der Waals surface area contributed by atoms with Gasteiger partial charge in [0, 0.05) is 22.5 Å². The van der Waals surface area contributed by atoms with Crippen LogP contribution in [0.1, 0.15) is 25.1 Å². The minimum atomic E-state index is -0.686. The Labute approximate surface area is 122 Å². The highest BCUT2D eigenvalue weighted by molar-refractivity contribution is 5.97. The first kappa shape index (κ1) is 13.8. The Kier molecular flexibility index (Phi) is 3.25. The molecule has 1 amide bonds. The molecule has 1 saturated heterocycles. The number of carbonyl (C=O) groups is 1. The fourth-order valence-electron chi connectivity index (χ4n) is 3.09. The van der Waals surface area contributed by atoms with Gasteiger partial charge >= 0.3 is 0 Å². The van der Waals surface area contributed by atoms with Gasteiger partial charge in [0.25, 0.3) is 5.91 Å². The maximum absolute atomic E-state index is 12.4. The van der Waals surface area contributed by atoms with E-state index in [1.807, 2.05) is 36.4 Å². The quantitative estimate of drug-likeness (QED) is 0.626. The predicted octanol–water partition coefficient (Wildman–Crippen LogP) is 1.91. The van der Waals surface area contributed by atoms with Gasteiger partial charge < -0.3 is 4.74 Å². The molecule has 2 atom stereocenters. The van der Waals surface area contributed by atoms with Crippen LogP contribution in [0.2, 0.25) is 0 Å². The van der Waals surface area contributed by atoms with Crippen LogP contribution in [-0.2, 0) is 9.53 Å². The van der Waals surface area contributed by atoms with E-state index in [4.69, 9.17) is 4.74 Å². The molecule has 3 rings (SSSR count). The first-order valence-electron chi connectivity index (χ1n) is 6.85. The van der Waals surface area contributed by atoms with Crippen LogP contribution in [0.4, 0.5) is 0 Å². The summed E-state index contributed by atoms with van der Waals surface area (Å²) in [6, 6.07) is 9.46. The molecule has 0 radical (unpaired) electrons. The monoisotopic (exact) mass is 288 g/mol. The van der Waals surface area contributed by atoms with Crippen molar-refractivity contribution in [3.05, 3.63) is 57.7 Å². The fourth-order valence-corrected chi connectivity index (χ4v) is 3.09. The molecule has 0 bridgehead atoms. The Bertz CT molecular complexity index is 613. The molecule has 0 spiro atoms. The summed E-state index contributed by atoms with van der Waals surface area (Å²) in [6.45, 7) is 1.86. The van der Waals surface area contributed by atoms with Crippen molar-refractivity contribution in [3.8, 4) is 0 Å². The summed E-state index contributed by atoms with van der Waals surface area (Å²) in [5.41, 5.74) is 0.828. The van der Waals surface area contributed by atoms with E-state index in [1.54, 1.807) is 11.8 Å². The lowest BCUT2D eigenvalue weighted by Gasteiger charge is -2.31. The summed E-state index contributed by atoms with van der Waals surface area (Å²) >= 11 is 0. The number of rotatable bonds is 4. The Morgan fingerprint density at radius 3 is 2.81 bits per heavy atom. The second-order valence-corrected chi connectivity index (χ2v) is 5.49. The van der Waals surface area contributed by atoms with E-state index in [9.17, 15) is 14.9 Å². The Morgan fingerprint density at radius 2 is 2.14 bits per heavy atom. The molecule has 0 N–H and O–H groups in total. The number of fused-ring (bicyclic) bond motifs is 1. The first-order chi connectivity index (χ1) is 10.0. The van der Waals surface area contributed by atoms with E-state index in [0.717, 1.165) is 5.56 Å². The Hall–Kier alpha value is -2.21. The van der Waals surface area contributed by atoms with E-state index in [0.29, 0.717) is 12.2 Å². The number of hydrogen-bond acceptors (Lipinski definition) is 4. The molecule has 6 nitrogen and oxygen atoms in total. The number of ether oxygens (including phenoxy) is 1. The molecule has 1 aromatic carbocycles. The van der Waals surface area contributed by atoms with Gasteiger partial charge in [-0.1, -0.05) is 30.3 Å². The van der Waals surface area contributed by atoms with Gasteiger partial charge in [-0.25, -0.2) is 0 Å². The van der Waals surface area contributed by atoms with Gasteiger partial charge in [0.1, 0.15) is 0 Å². The largest absolute Gasteiger partial charge is 0.351 e. The highest BCUT2D eigenvalue weighted by atomic mass is 16.6. The zero-order valence-corrected chi connectivity index (χ0v) is 11.7. The highest BCUT2D eigenvalue weighted by Crippen LogP contribution is 2.45. The molecular formula is C15H16N2O4. The lowest BCUT2D eigenvalue weighted by atomic mass is 9.96. The number of carbonyl (C=O) groups excluding carboxylic acids is 1. The molecule has 1 fully saturated rings. The van der Waals surface area contributed by atoms with Crippen molar-refractivity contribution in [3.63, 3.8) is 0 Å². The minimum Gasteiger partial charge on any atom is -0.351 e. The standard InChI is InChI=1S/C15H16N2O4/c1-11-9-15(7-8-16(19)20)10-21-14(17(15)13(11)18)12-5-3-2-4-6-12/h2-6,9,14H,7-8,10H2,1H3/t14-,15-/m1/s1. The van der Waals surface area contributed by atoms with Crippen LogP contribution in [0.5, 0.6) is 0 Å². The molecule has 2 heterocycles. The summed E-state index contributed by atoms with van der Waals surface area (Å²) in [7, 11) is 0. The van der Waals surface area contributed by atoms with Crippen molar-refractivity contribution in [2.45, 2.75) is 25.1 Å². The van der Waals surface area contributed by atoms with Crippen LogP contribution in [0, 0.1) is 10.1 Å². The van der Waals surface area contributed by atoms with Crippen LogP contribution in [0.3, 0.4) is 0 Å². The number of hydrogen-bond donors (Lipinski definition) is 0. The summed E-state index contributed by atoms with van der Waals surface area (Å²) in [5, 5.41) is 10.7. The third-order valence-electron chi connectivity index (χ3n) is 4.06. The minimum absolute atomic E-state index is 0.107. The number of nitrogens with zero attached hydrogens (tertiary/aromatic N) is 2. The molecule has 1 aromatic rings. The van der Waals surface area contributed by atoms with Gasteiger partial charge in [0.15, 0.2) is 6.23 Å². The van der Waals surface area contributed by atoms with Gasteiger partial charge in [0.05, 0.1) is 12.1 Å². The van der Waals surface area contributed by atoms with Crippen molar-refractivity contribution in [1.29, 1.82) is 0 Å². The maximum atomic E-state index is 12.4. The van der Waals surface area contributed by atoms with Crippen LogP contribution in [-0.4, -0.2) is 34.4 Å². The van der Waals surface area contributed by atoms with Crippen molar-refractivity contribution >= 4 is 5.91 Å². The third kappa shape index (κ3) is 2.21. The lowest BCUT2D eigenvalue weighted by Crippen LogP contribution is -2.45. The van der Waals surface area contributed by atoms with Crippen LogP contribution in [0.15, 0.2) is 42.0 Å². The molecule has 110 valence electrons. The molecule has 0 unspecified atom stereocenters. The van der Waals surface area contributed by atoms with Gasteiger partial charge in [-0.15, -0.1) is 0 Å². The molecule has 0 saturated carbocycles. The topological polar surface area (TPSA) is 72.7 Å². The molecule has 21 heavy (non-hydrogen) atoms. The van der Waals surface area contributed by atoms with Crippen molar-refractivity contribution in [1.82, 2.24) is 4.90 Å². The molecule has 2 aliphatic rings. The van der Waals surface area contributed by atoms with Crippen LogP contribution in [0.25, 0.3) is 0 Å². The number of nitro groups is 1. The molecule has 0 aliphatic carbocycles. The maximum Gasteiger partial charge on any atom is 0.252 e. The van der Waals surface area contributed by atoms with E-state index < -0.39 is 11.8 Å². The summed E-state index contributed by atoms with van der Waals surface area (Å²) in [5.74, 6) is -0.107. The lowest BCUT2D eigenvalue weighted by molar-refractivity contribution is -0.482. The van der Waals surface area contributed by atoms with E-state index >= 15 is 0 Å². The Balaban J connectivity index is 1.93. The van der Waals surface area contributed by atoms with Gasteiger partial charge in [-0.2, -0.15) is 0 Å². The van der Waals surface area contributed by atoms with Gasteiger partial charge in [-0.05, 0) is 13.0 Å². The van der Waals surface area contributed by atoms with E-state index in [-0.39, 0.29) is 23.8 Å². The first-order valence-corrected chi connectivity index (χ1v) is 6.85. The second-order valence-electron chi connectivity index (χ2n) is 5.49. The summed E-state index contributed by atoms with van der Waals surface area (Å²) in [6.07, 6.45) is 1.62. The van der Waals surface area contributed by atoms with Crippen LogP contribution >= 0.6 is 0 Å². The number of amides is 1. The van der Waals surface area contributed by atoms with Gasteiger partial charge in [0.2, 0.25) is 6.54 Å². The SMILES string of the molecule is CC1=C[C@]2(CC[N+](=O)[O-])CO[C@H](c3ccccc3)N2C1=O. The average molecular weight is 288 g/mol. The third-order valence-corrected chi connectivity index (χ3v) is 4.06. The van der Waals surface area contributed by atoms with Crippen molar-refractivity contribution in [2.24, 2.45) is 0 Å². The summed E-state index contributed by atoms with van der Waals surface area (Å²) < 4.78 is 5.80. The smallest absolute Gasteiger partial charge is 0.252 e. The average Bonchev–Trinajstić information content (AvgIpc) is 2.95. The normalized spacial score (nSPS) is 27.7.